The van der Waals surface area contributed by atoms with Crippen LogP contribution in [0.2, 0.25) is 0 Å². The van der Waals surface area contributed by atoms with Crippen LogP contribution in [0.3, 0.4) is 0 Å². The number of hydrogen-bond donors (Lipinski definition) is 0. The average Bonchev–Trinajstić information content (AvgIpc) is 1.77. The van der Waals surface area contributed by atoms with Crippen molar-refractivity contribution >= 4 is 13.8 Å². The fourth-order valence-electron chi connectivity index (χ4n) is 0.773. The van der Waals surface area contributed by atoms with Crippen LogP contribution in [-0.2, 0) is 4.79 Å². The maximum atomic E-state index is 10.5. The Morgan fingerprint density at radius 2 is 1.88 bits per heavy atom. The molecule has 0 aliphatic carbocycles. The van der Waals surface area contributed by atoms with E-state index >= 15 is 0 Å². The molecule has 0 unspecified atom stereocenters. The van der Waals surface area contributed by atoms with Gasteiger partial charge in [0.1, 0.15) is 5.78 Å². The molecule has 3 heteroatoms. The number of carbonyl (C=O) groups is 1. The molecule has 0 atom stereocenters. The SMILES string of the molecule is [B]N1CCC(=O)CC1. The van der Waals surface area contributed by atoms with Gasteiger partial charge in [0.05, 0.1) is 0 Å². The standard InChI is InChI=1S/C5H8BNO/c6-7-3-1-5(8)2-4-7/h1-4H2. The minimum atomic E-state index is 0.340. The van der Waals surface area contributed by atoms with Crippen LogP contribution in [0.25, 0.3) is 0 Å². The Morgan fingerprint density at radius 3 is 2.25 bits per heavy atom. The maximum absolute atomic E-state index is 10.5. The summed E-state index contributed by atoms with van der Waals surface area (Å²) in [4.78, 5) is 12.2. The Morgan fingerprint density at radius 1 is 1.38 bits per heavy atom. The predicted molar refractivity (Wildman–Crippen MR) is 31.6 cm³/mol. The van der Waals surface area contributed by atoms with Crippen molar-refractivity contribution in [3.05, 3.63) is 0 Å². The van der Waals surface area contributed by atoms with Gasteiger partial charge >= 0.3 is 0 Å². The highest BCUT2D eigenvalue weighted by Gasteiger charge is 2.10. The second-order valence-electron chi connectivity index (χ2n) is 2.07. The summed E-state index contributed by atoms with van der Waals surface area (Å²) in [6.07, 6.45) is 1.27. The Bertz CT molecular complexity index is 94.6. The lowest BCUT2D eigenvalue weighted by Gasteiger charge is -2.20. The lowest BCUT2D eigenvalue weighted by Crippen LogP contribution is -2.31. The molecule has 2 nitrogen and oxygen atoms in total. The van der Waals surface area contributed by atoms with Crippen molar-refractivity contribution in [2.24, 2.45) is 0 Å². The lowest BCUT2D eigenvalue weighted by atomic mass is 10.1. The molecule has 8 heavy (non-hydrogen) atoms. The number of ketones is 1. The molecule has 0 spiro atoms. The van der Waals surface area contributed by atoms with Gasteiger partial charge in [-0.2, -0.15) is 0 Å². The van der Waals surface area contributed by atoms with E-state index in [0.29, 0.717) is 18.6 Å². The van der Waals surface area contributed by atoms with Crippen LogP contribution in [-0.4, -0.2) is 31.7 Å². The second kappa shape index (κ2) is 2.31. The first kappa shape index (κ1) is 5.82. The highest BCUT2D eigenvalue weighted by atomic mass is 16.1. The van der Waals surface area contributed by atoms with Gasteiger partial charge < -0.3 is 4.81 Å². The summed E-state index contributed by atoms with van der Waals surface area (Å²) in [5, 5.41) is 0. The van der Waals surface area contributed by atoms with Gasteiger partial charge in [0, 0.05) is 12.8 Å². The molecular weight excluding hydrogens is 101 g/mol. The highest BCUT2D eigenvalue weighted by molar-refractivity contribution is 6.05. The van der Waals surface area contributed by atoms with Gasteiger partial charge in [-0.05, 0) is 13.1 Å². The van der Waals surface area contributed by atoms with E-state index in [1.807, 2.05) is 0 Å². The van der Waals surface area contributed by atoms with Gasteiger partial charge in [0.25, 0.3) is 0 Å². The summed E-state index contributed by atoms with van der Waals surface area (Å²) in [7, 11) is 5.38. The first-order valence-corrected chi connectivity index (χ1v) is 2.80. The molecule has 0 saturated carbocycles. The lowest BCUT2D eigenvalue weighted by molar-refractivity contribution is -0.120. The van der Waals surface area contributed by atoms with Crippen molar-refractivity contribution in [3.8, 4) is 0 Å². The van der Waals surface area contributed by atoms with E-state index in [1.54, 1.807) is 4.81 Å². The van der Waals surface area contributed by atoms with E-state index in [1.165, 1.54) is 0 Å². The third-order valence-corrected chi connectivity index (χ3v) is 1.36. The molecule has 0 amide bonds. The number of carbonyl (C=O) groups excluding carboxylic acids is 1. The number of piperidine rings is 1. The molecule has 1 saturated heterocycles. The summed E-state index contributed by atoms with van der Waals surface area (Å²) in [5.74, 6) is 0.340. The summed E-state index contributed by atoms with van der Waals surface area (Å²) >= 11 is 0. The highest BCUT2D eigenvalue weighted by Crippen LogP contribution is 2.00. The normalized spacial score (nSPS) is 23.8. The summed E-state index contributed by atoms with van der Waals surface area (Å²) < 4.78 is 0. The third kappa shape index (κ3) is 1.34. The molecule has 0 aromatic carbocycles. The van der Waals surface area contributed by atoms with E-state index in [0.717, 1.165) is 13.1 Å². The Kier molecular flexibility index (Phi) is 1.68. The number of hydrogen-bond acceptors (Lipinski definition) is 2. The van der Waals surface area contributed by atoms with E-state index in [2.05, 4.69) is 0 Å². The van der Waals surface area contributed by atoms with Crippen LogP contribution < -0.4 is 0 Å². The van der Waals surface area contributed by atoms with Crippen molar-refractivity contribution in [3.63, 3.8) is 0 Å². The first-order chi connectivity index (χ1) is 3.79. The van der Waals surface area contributed by atoms with Gasteiger partial charge in [-0.15, -0.1) is 0 Å². The van der Waals surface area contributed by atoms with E-state index in [4.69, 9.17) is 7.98 Å². The van der Waals surface area contributed by atoms with Crippen LogP contribution in [0.5, 0.6) is 0 Å². The Labute approximate surface area is 50.3 Å². The average molecular weight is 109 g/mol. The van der Waals surface area contributed by atoms with Crippen LogP contribution in [0, 0.1) is 0 Å². The summed E-state index contributed by atoms with van der Waals surface area (Å²) in [6.45, 7) is 1.47. The third-order valence-electron chi connectivity index (χ3n) is 1.36. The number of rotatable bonds is 0. The topological polar surface area (TPSA) is 20.3 Å². The number of Topliss-reactive ketones (excluding diaryl/α,β-unsaturated/α-hetero) is 1. The van der Waals surface area contributed by atoms with E-state index in [9.17, 15) is 4.79 Å². The van der Waals surface area contributed by atoms with Crippen molar-refractivity contribution in [2.45, 2.75) is 12.8 Å². The molecule has 0 bridgehead atoms. The molecule has 1 rings (SSSR count). The molecule has 1 aliphatic rings. The predicted octanol–water partition coefficient (Wildman–Crippen LogP) is -0.265. The van der Waals surface area contributed by atoms with Crippen LogP contribution in [0.4, 0.5) is 0 Å². The monoisotopic (exact) mass is 109 g/mol. The molecular formula is C5H8BNO. The smallest absolute Gasteiger partial charge is 0.182 e. The molecule has 1 aliphatic heterocycles. The first-order valence-electron chi connectivity index (χ1n) is 2.80. The van der Waals surface area contributed by atoms with Gasteiger partial charge in [-0.25, -0.2) is 0 Å². The van der Waals surface area contributed by atoms with Crippen LogP contribution >= 0.6 is 0 Å². The molecule has 42 valence electrons. The molecule has 0 N–H and O–H groups in total. The zero-order valence-electron chi connectivity index (χ0n) is 4.76. The van der Waals surface area contributed by atoms with Crippen LogP contribution in [0.15, 0.2) is 0 Å². The molecule has 1 heterocycles. The molecule has 0 aromatic rings. The van der Waals surface area contributed by atoms with Gasteiger partial charge in [0.15, 0.2) is 7.98 Å². The second-order valence-corrected chi connectivity index (χ2v) is 2.07. The van der Waals surface area contributed by atoms with Crippen LogP contribution in [0.1, 0.15) is 12.8 Å². The summed E-state index contributed by atoms with van der Waals surface area (Å²) in [6, 6.07) is 0. The fraction of sp³-hybridized carbons (Fsp3) is 0.800. The zero-order chi connectivity index (χ0) is 5.98. The van der Waals surface area contributed by atoms with Gasteiger partial charge in [-0.1, -0.05) is 0 Å². The molecule has 0 aromatic heterocycles. The zero-order valence-corrected chi connectivity index (χ0v) is 4.76. The minimum Gasteiger partial charge on any atom is -0.353 e. The van der Waals surface area contributed by atoms with E-state index in [-0.39, 0.29) is 0 Å². The fourth-order valence-corrected chi connectivity index (χ4v) is 0.773. The van der Waals surface area contributed by atoms with Crippen molar-refractivity contribution in [2.75, 3.05) is 13.1 Å². The quantitative estimate of drug-likeness (QED) is 0.399. The number of nitrogens with zero attached hydrogens (tertiary/aromatic N) is 1. The van der Waals surface area contributed by atoms with Gasteiger partial charge in [-0.3, -0.25) is 4.79 Å². The minimum absolute atomic E-state index is 0.340. The summed E-state index contributed by atoms with van der Waals surface area (Å²) in [5.41, 5.74) is 0. The molecule has 2 radical (unpaired) electrons. The van der Waals surface area contributed by atoms with Crippen molar-refractivity contribution < 1.29 is 4.79 Å². The van der Waals surface area contributed by atoms with E-state index < -0.39 is 0 Å². The Hall–Kier alpha value is -0.305. The van der Waals surface area contributed by atoms with Crippen molar-refractivity contribution in [1.29, 1.82) is 0 Å². The largest absolute Gasteiger partial charge is 0.353 e. The maximum Gasteiger partial charge on any atom is 0.182 e. The Balaban J connectivity index is 2.29. The van der Waals surface area contributed by atoms with Crippen molar-refractivity contribution in [1.82, 2.24) is 4.81 Å². The van der Waals surface area contributed by atoms with Gasteiger partial charge in [0.2, 0.25) is 0 Å². The molecule has 1 fully saturated rings.